The van der Waals surface area contributed by atoms with E-state index in [0.717, 1.165) is 32.1 Å². The second kappa shape index (κ2) is 3.55. The van der Waals surface area contributed by atoms with Gasteiger partial charge in [0, 0.05) is 12.8 Å². The SMILES string of the molecule is C=CCC[C@@H]1CCC(=O)C1. The van der Waals surface area contributed by atoms with Gasteiger partial charge in [0.2, 0.25) is 0 Å². The molecule has 10 heavy (non-hydrogen) atoms. The molecule has 0 N–H and O–H groups in total. The molecule has 1 rings (SSSR count). The third-order valence-electron chi connectivity index (χ3n) is 2.13. The van der Waals surface area contributed by atoms with E-state index in [9.17, 15) is 4.79 Å². The van der Waals surface area contributed by atoms with E-state index in [2.05, 4.69) is 6.58 Å². The van der Waals surface area contributed by atoms with Crippen LogP contribution in [0.2, 0.25) is 0 Å². The average Bonchev–Trinajstić information content (AvgIpc) is 2.31. The first-order valence-corrected chi connectivity index (χ1v) is 3.95. The Morgan fingerprint density at radius 1 is 1.70 bits per heavy atom. The van der Waals surface area contributed by atoms with E-state index in [1.807, 2.05) is 6.08 Å². The first kappa shape index (κ1) is 7.52. The van der Waals surface area contributed by atoms with Crippen molar-refractivity contribution >= 4 is 5.78 Å². The number of carbonyl (C=O) groups is 1. The van der Waals surface area contributed by atoms with E-state index >= 15 is 0 Å². The molecule has 1 heteroatoms. The second-order valence-corrected chi connectivity index (χ2v) is 3.01. The standard InChI is InChI=1S/C9H14O/c1-2-3-4-8-5-6-9(10)7-8/h2,8H,1,3-7H2/t8-/m1/s1. The molecular weight excluding hydrogens is 124 g/mol. The van der Waals surface area contributed by atoms with Crippen LogP contribution >= 0.6 is 0 Å². The Morgan fingerprint density at radius 3 is 3.00 bits per heavy atom. The van der Waals surface area contributed by atoms with Gasteiger partial charge in [0.05, 0.1) is 0 Å². The maximum Gasteiger partial charge on any atom is 0.133 e. The third kappa shape index (κ3) is 1.98. The van der Waals surface area contributed by atoms with Crippen molar-refractivity contribution in [2.75, 3.05) is 0 Å². The normalized spacial score (nSPS) is 25.2. The molecule has 0 amide bonds. The predicted molar refractivity (Wildman–Crippen MR) is 41.8 cm³/mol. The smallest absolute Gasteiger partial charge is 0.133 e. The highest BCUT2D eigenvalue weighted by Crippen LogP contribution is 2.25. The molecule has 56 valence electrons. The fourth-order valence-electron chi connectivity index (χ4n) is 1.49. The monoisotopic (exact) mass is 138 g/mol. The molecule has 1 saturated carbocycles. The largest absolute Gasteiger partial charge is 0.300 e. The highest BCUT2D eigenvalue weighted by molar-refractivity contribution is 5.80. The van der Waals surface area contributed by atoms with Gasteiger partial charge in [-0.25, -0.2) is 0 Å². The number of hydrogen-bond acceptors (Lipinski definition) is 1. The fraction of sp³-hybridized carbons (Fsp3) is 0.667. The molecule has 1 aliphatic rings. The number of allylic oxidation sites excluding steroid dienone is 1. The minimum atomic E-state index is 0.453. The highest BCUT2D eigenvalue weighted by atomic mass is 16.1. The van der Waals surface area contributed by atoms with Crippen LogP contribution in [0, 0.1) is 5.92 Å². The zero-order valence-electron chi connectivity index (χ0n) is 6.31. The van der Waals surface area contributed by atoms with Crippen LogP contribution in [0.25, 0.3) is 0 Å². The Kier molecular flexibility index (Phi) is 2.67. The Balaban J connectivity index is 2.18. The first-order chi connectivity index (χ1) is 4.83. The highest BCUT2D eigenvalue weighted by Gasteiger charge is 2.20. The summed E-state index contributed by atoms with van der Waals surface area (Å²) in [5.41, 5.74) is 0. The van der Waals surface area contributed by atoms with Gasteiger partial charge in [0.1, 0.15) is 5.78 Å². The Labute approximate surface area is 62.1 Å². The minimum Gasteiger partial charge on any atom is -0.300 e. The molecule has 0 heterocycles. The lowest BCUT2D eigenvalue weighted by Crippen LogP contribution is -1.93. The molecule has 1 atom stereocenters. The van der Waals surface area contributed by atoms with Gasteiger partial charge in [-0.2, -0.15) is 0 Å². The molecular formula is C9H14O. The molecule has 0 aromatic carbocycles. The van der Waals surface area contributed by atoms with E-state index in [-0.39, 0.29) is 0 Å². The molecule has 0 aliphatic heterocycles. The molecule has 1 aliphatic carbocycles. The van der Waals surface area contributed by atoms with Crippen LogP contribution in [0.15, 0.2) is 12.7 Å². The van der Waals surface area contributed by atoms with Crippen LogP contribution in [0.5, 0.6) is 0 Å². The van der Waals surface area contributed by atoms with Gasteiger partial charge in [-0.15, -0.1) is 6.58 Å². The zero-order valence-corrected chi connectivity index (χ0v) is 6.31. The van der Waals surface area contributed by atoms with Crippen molar-refractivity contribution in [1.29, 1.82) is 0 Å². The lowest BCUT2D eigenvalue weighted by atomic mass is 10.0. The van der Waals surface area contributed by atoms with Crippen molar-refractivity contribution in [3.8, 4) is 0 Å². The minimum absolute atomic E-state index is 0.453. The lowest BCUT2D eigenvalue weighted by Gasteiger charge is -2.02. The summed E-state index contributed by atoms with van der Waals surface area (Å²) in [6.45, 7) is 3.66. The van der Waals surface area contributed by atoms with Crippen molar-refractivity contribution in [2.24, 2.45) is 5.92 Å². The summed E-state index contributed by atoms with van der Waals surface area (Å²) in [4.78, 5) is 10.8. The molecule has 0 aromatic rings. The number of carbonyl (C=O) groups excluding carboxylic acids is 1. The van der Waals surface area contributed by atoms with Gasteiger partial charge in [-0.3, -0.25) is 4.79 Å². The van der Waals surface area contributed by atoms with Crippen LogP contribution in [0.1, 0.15) is 32.1 Å². The molecule has 0 spiro atoms. The molecule has 0 aromatic heterocycles. The summed E-state index contributed by atoms with van der Waals surface area (Å²) in [6.07, 6.45) is 6.93. The van der Waals surface area contributed by atoms with Gasteiger partial charge < -0.3 is 0 Å². The first-order valence-electron chi connectivity index (χ1n) is 3.95. The maximum absolute atomic E-state index is 10.8. The summed E-state index contributed by atoms with van der Waals surface area (Å²) in [5, 5.41) is 0. The van der Waals surface area contributed by atoms with Gasteiger partial charge in [-0.05, 0) is 25.2 Å². The van der Waals surface area contributed by atoms with Crippen molar-refractivity contribution in [3.63, 3.8) is 0 Å². The van der Waals surface area contributed by atoms with E-state index in [4.69, 9.17) is 0 Å². The van der Waals surface area contributed by atoms with E-state index in [1.54, 1.807) is 0 Å². The summed E-state index contributed by atoms with van der Waals surface area (Å²) in [6, 6.07) is 0. The maximum atomic E-state index is 10.8. The Bertz CT molecular complexity index is 138. The van der Waals surface area contributed by atoms with Crippen molar-refractivity contribution in [3.05, 3.63) is 12.7 Å². The van der Waals surface area contributed by atoms with Crippen molar-refractivity contribution < 1.29 is 4.79 Å². The Morgan fingerprint density at radius 2 is 2.50 bits per heavy atom. The summed E-state index contributed by atoms with van der Waals surface area (Å²) >= 11 is 0. The van der Waals surface area contributed by atoms with Crippen LogP contribution < -0.4 is 0 Å². The number of hydrogen-bond donors (Lipinski definition) is 0. The van der Waals surface area contributed by atoms with Gasteiger partial charge in [0.25, 0.3) is 0 Å². The number of rotatable bonds is 3. The quantitative estimate of drug-likeness (QED) is 0.547. The van der Waals surface area contributed by atoms with Gasteiger partial charge in [-0.1, -0.05) is 6.08 Å². The predicted octanol–water partition coefficient (Wildman–Crippen LogP) is 2.32. The second-order valence-electron chi connectivity index (χ2n) is 3.01. The third-order valence-corrected chi connectivity index (χ3v) is 2.13. The van der Waals surface area contributed by atoms with Crippen molar-refractivity contribution in [2.45, 2.75) is 32.1 Å². The van der Waals surface area contributed by atoms with E-state index in [0.29, 0.717) is 11.7 Å². The van der Waals surface area contributed by atoms with Crippen LogP contribution in [-0.2, 0) is 4.79 Å². The van der Waals surface area contributed by atoms with Gasteiger partial charge >= 0.3 is 0 Å². The van der Waals surface area contributed by atoms with Crippen LogP contribution in [0.4, 0.5) is 0 Å². The van der Waals surface area contributed by atoms with E-state index < -0.39 is 0 Å². The van der Waals surface area contributed by atoms with Crippen molar-refractivity contribution in [1.82, 2.24) is 0 Å². The lowest BCUT2D eigenvalue weighted by molar-refractivity contribution is -0.117. The average molecular weight is 138 g/mol. The summed E-state index contributed by atoms with van der Waals surface area (Å²) < 4.78 is 0. The molecule has 0 bridgehead atoms. The molecule has 0 radical (unpaired) electrons. The Hall–Kier alpha value is -0.590. The molecule has 1 fully saturated rings. The summed E-state index contributed by atoms with van der Waals surface area (Å²) in [7, 11) is 0. The van der Waals surface area contributed by atoms with E-state index in [1.165, 1.54) is 0 Å². The molecule has 0 unspecified atom stereocenters. The fourth-order valence-corrected chi connectivity index (χ4v) is 1.49. The molecule has 0 saturated heterocycles. The van der Waals surface area contributed by atoms with Gasteiger partial charge in [0.15, 0.2) is 0 Å². The summed E-state index contributed by atoms with van der Waals surface area (Å²) in [5.74, 6) is 1.12. The van der Waals surface area contributed by atoms with Crippen LogP contribution in [0.3, 0.4) is 0 Å². The topological polar surface area (TPSA) is 17.1 Å². The number of Topliss-reactive ketones (excluding diaryl/α,β-unsaturated/α-hetero) is 1. The number of ketones is 1. The zero-order chi connectivity index (χ0) is 7.40. The van der Waals surface area contributed by atoms with Crippen LogP contribution in [-0.4, -0.2) is 5.78 Å². The molecule has 1 nitrogen and oxygen atoms in total.